The summed E-state index contributed by atoms with van der Waals surface area (Å²) >= 11 is 6.66. The van der Waals surface area contributed by atoms with E-state index in [4.69, 9.17) is 15.8 Å². The van der Waals surface area contributed by atoms with Crippen molar-refractivity contribution in [1.82, 2.24) is 4.90 Å². The van der Waals surface area contributed by atoms with Crippen molar-refractivity contribution in [2.45, 2.75) is 18.4 Å². The first-order valence-electron chi connectivity index (χ1n) is 9.83. The fourth-order valence-electron chi connectivity index (χ4n) is 3.18. The molecule has 1 aliphatic rings. The van der Waals surface area contributed by atoms with Crippen LogP contribution in [0.1, 0.15) is 16.7 Å². The van der Waals surface area contributed by atoms with E-state index in [9.17, 15) is 18.0 Å². The fourth-order valence-corrected chi connectivity index (χ4v) is 5.06. The maximum atomic E-state index is 12.8. The minimum absolute atomic E-state index is 0.0328. The monoisotopic (exact) mass is 499 g/mol. The predicted molar refractivity (Wildman–Crippen MR) is 128 cm³/mol. The minimum Gasteiger partial charge on any atom is -0.379 e. The first kappa shape index (κ1) is 23.1. The van der Waals surface area contributed by atoms with Crippen molar-refractivity contribution < 1.29 is 22.2 Å². The zero-order valence-corrected chi connectivity index (χ0v) is 19.8. The molecule has 3 aromatic rings. The summed E-state index contributed by atoms with van der Waals surface area (Å²) in [4.78, 5) is 26.7. The summed E-state index contributed by atoms with van der Waals surface area (Å²) in [5, 5.41) is 0.0551. The molecule has 0 spiro atoms. The maximum Gasteiger partial charge on any atom is 0.339 e. The second-order valence-corrected chi connectivity index (χ2v) is 10.2. The van der Waals surface area contributed by atoms with Crippen LogP contribution in [0.2, 0.25) is 5.02 Å². The van der Waals surface area contributed by atoms with Gasteiger partial charge in [0, 0.05) is 5.02 Å². The number of hydrogen-bond acceptors (Lipinski definition) is 6. The predicted octanol–water partition coefficient (Wildman–Crippen LogP) is 5.65. The molecule has 1 saturated heterocycles. The third-order valence-corrected chi connectivity index (χ3v) is 7.35. The van der Waals surface area contributed by atoms with Crippen LogP contribution in [-0.2, 0) is 21.5 Å². The Morgan fingerprint density at radius 1 is 1.00 bits per heavy atom. The van der Waals surface area contributed by atoms with Crippen LogP contribution in [0.3, 0.4) is 0 Å². The van der Waals surface area contributed by atoms with Crippen LogP contribution in [0.4, 0.5) is 4.79 Å². The highest BCUT2D eigenvalue weighted by atomic mass is 35.5. The van der Waals surface area contributed by atoms with Crippen molar-refractivity contribution in [2.75, 3.05) is 0 Å². The molecular weight excluding hydrogens is 482 g/mol. The van der Waals surface area contributed by atoms with E-state index in [1.807, 2.05) is 31.2 Å². The van der Waals surface area contributed by atoms with Gasteiger partial charge >= 0.3 is 10.1 Å². The molecule has 1 aliphatic heterocycles. The first-order chi connectivity index (χ1) is 15.7. The summed E-state index contributed by atoms with van der Waals surface area (Å²) in [6.45, 7) is 2.12. The normalized spacial score (nSPS) is 15.3. The second kappa shape index (κ2) is 9.43. The van der Waals surface area contributed by atoms with Gasteiger partial charge in [-0.05, 0) is 77.9 Å². The Hall–Kier alpha value is -3.07. The van der Waals surface area contributed by atoms with Crippen LogP contribution < -0.4 is 4.18 Å². The topological polar surface area (TPSA) is 80.8 Å². The summed E-state index contributed by atoms with van der Waals surface area (Å²) in [6, 6.07) is 19.5. The molecule has 1 fully saturated rings. The number of benzene rings is 3. The van der Waals surface area contributed by atoms with Crippen molar-refractivity contribution in [3.8, 4) is 5.75 Å². The molecule has 4 rings (SSSR count). The zero-order valence-electron chi connectivity index (χ0n) is 17.4. The third kappa shape index (κ3) is 5.30. The van der Waals surface area contributed by atoms with E-state index in [1.165, 1.54) is 41.3 Å². The molecule has 0 radical (unpaired) electrons. The lowest BCUT2D eigenvalue weighted by Crippen LogP contribution is -2.27. The number of nitrogens with zero attached hydrogens (tertiary/aromatic N) is 1. The Bertz CT molecular complexity index is 1370. The molecule has 0 saturated carbocycles. The molecule has 6 nitrogen and oxygen atoms in total. The van der Waals surface area contributed by atoms with Gasteiger partial charge in [0.1, 0.15) is 10.6 Å². The average Bonchev–Trinajstić information content (AvgIpc) is 3.03. The third-order valence-electron chi connectivity index (χ3n) is 4.93. The molecule has 3 aromatic carbocycles. The van der Waals surface area contributed by atoms with Crippen molar-refractivity contribution in [1.29, 1.82) is 0 Å². The van der Waals surface area contributed by atoms with E-state index >= 15 is 0 Å². The summed E-state index contributed by atoms with van der Waals surface area (Å²) in [5.41, 5.74) is 2.41. The number of carbonyl (C=O) groups excluding carboxylic acids is 2. The quantitative estimate of drug-likeness (QED) is 0.322. The van der Waals surface area contributed by atoms with Gasteiger partial charge in [-0.25, -0.2) is 0 Å². The smallest absolute Gasteiger partial charge is 0.339 e. The lowest BCUT2D eigenvalue weighted by atomic mass is 10.1. The van der Waals surface area contributed by atoms with E-state index in [2.05, 4.69) is 0 Å². The average molecular weight is 500 g/mol. The lowest BCUT2D eigenvalue weighted by molar-refractivity contribution is -0.123. The van der Waals surface area contributed by atoms with E-state index in [1.54, 1.807) is 18.2 Å². The van der Waals surface area contributed by atoms with Gasteiger partial charge in [0.25, 0.3) is 11.1 Å². The number of imide groups is 1. The number of rotatable bonds is 6. The van der Waals surface area contributed by atoms with Crippen molar-refractivity contribution >= 4 is 50.7 Å². The molecule has 2 amide bonds. The van der Waals surface area contributed by atoms with Crippen LogP contribution in [0, 0.1) is 6.92 Å². The van der Waals surface area contributed by atoms with Gasteiger partial charge in [-0.1, -0.05) is 48.0 Å². The van der Waals surface area contributed by atoms with Gasteiger partial charge in [0.2, 0.25) is 0 Å². The minimum atomic E-state index is -4.05. The van der Waals surface area contributed by atoms with Crippen LogP contribution in [0.25, 0.3) is 6.08 Å². The number of carbonyl (C=O) groups is 2. The molecule has 0 bridgehead atoms. The highest BCUT2D eigenvalue weighted by Gasteiger charge is 2.35. The lowest BCUT2D eigenvalue weighted by Gasteiger charge is -2.14. The van der Waals surface area contributed by atoms with Gasteiger partial charge in [-0.15, -0.1) is 0 Å². The largest absolute Gasteiger partial charge is 0.379 e. The Labute approximate surface area is 200 Å². The fraction of sp³-hybridized carbons (Fsp3) is 0.0833. The number of halogens is 1. The Morgan fingerprint density at radius 3 is 2.45 bits per heavy atom. The van der Waals surface area contributed by atoms with Crippen molar-refractivity contribution in [3.63, 3.8) is 0 Å². The van der Waals surface area contributed by atoms with Crippen LogP contribution in [0.15, 0.2) is 82.6 Å². The highest BCUT2D eigenvalue weighted by molar-refractivity contribution is 8.18. The molecule has 9 heteroatoms. The number of amides is 2. The van der Waals surface area contributed by atoms with Gasteiger partial charge in [-0.2, -0.15) is 8.42 Å². The molecule has 0 N–H and O–H groups in total. The Morgan fingerprint density at radius 2 is 1.73 bits per heavy atom. The number of hydrogen-bond donors (Lipinski definition) is 0. The van der Waals surface area contributed by atoms with Crippen molar-refractivity contribution in [2.24, 2.45) is 0 Å². The van der Waals surface area contributed by atoms with E-state index in [0.29, 0.717) is 10.6 Å². The molecule has 0 atom stereocenters. The molecule has 33 heavy (non-hydrogen) atoms. The summed E-state index contributed by atoms with van der Waals surface area (Å²) < 4.78 is 30.3. The summed E-state index contributed by atoms with van der Waals surface area (Å²) in [5.74, 6) is -0.314. The maximum absolute atomic E-state index is 12.8. The van der Waals surface area contributed by atoms with Gasteiger partial charge in [0.15, 0.2) is 0 Å². The second-order valence-electron chi connectivity index (χ2n) is 7.26. The molecule has 168 valence electrons. The SMILES string of the molecule is Cc1ccccc1CN1C(=O)S/C(=C\c2cccc(OS(=O)(=O)c3ccc(Cl)cc3)c2)C1=O. The molecular formula is C24H18ClNO5S2. The highest BCUT2D eigenvalue weighted by Crippen LogP contribution is 2.34. The Kier molecular flexibility index (Phi) is 6.60. The van der Waals surface area contributed by atoms with E-state index in [0.717, 1.165) is 22.9 Å². The van der Waals surface area contributed by atoms with Gasteiger partial charge in [0.05, 0.1) is 11.4 Å². The van der Waals surface area contributed by atoms with Crippen molar-refractivity contribution in [3.05, 3.63) is 99.4 Å². The summed E-state index contributed by atoms with van der Waals surface area (Å²) in [6.07, 6.45) is 1.55. The molecule has 0 aromatic heterocycles. The Balaban J connectivity index is 1.53. The van der Waals surface area contributed by atoms with Gasteiger partial charge in [-0.3, -0.25) is 14.5 Å². The molecule has 0 aliphatic carbocycles. The molecule has 1 heterocycles. The standard InChI is InChI=1S/C24H18ClNO5S2/c1-16-5-2-3-7-18(16)15-26-23(27)22(32-24(26)28)14-17-6-4-8-20(13-17)31-33(29,30)21-11-9-19(25)10-12-21/h2-14H,15H2,1H3/b22-14-. The number of aryl methyl sites for hydroxylation is 1. The van der Waals surface area contributed by atoms with Crippen LogP contribution >= 0.6 is 23.4 Å². The van der Waals surface area contributed by atoms with Gasteiger partial charge < -0.3 is 4.18 Å². The van der Waals surface area contributed by atoms with E-state index < -0.39 is 16.0 Å². The van der Waals surface area contributed by atoms with Crippen LogP contribution in [0.5, 0.6) is 5.75 Å². The van der Waals surface area contributed by atoms with E-state index in [-0.39, 0.29) is 27.3 Å². The summed E-state index contributed by atoms with van der Waals surface area (Å²) in [7, 11) is -4.05. The molecule has 0 unspecified atom stereocenters. The van der Waals surface area contributed by atoms with Crippen LogP contribution in [-0.4, -0.2) is 24.5 Å². The number of thioether (sulfide) groups is 1. The first-order valence-corrected chi connectivity index (χ1v) is 12.4. The zero-order chi connectivity index (χ0) is 23.6.